The van der Waals surface area contributed by atoms with Gasteiger partial charge in [-0.05, 0) is 31.7 Å². The molecule has 0 amide bonds. The summed E-state index contributed by atoms with van der Waals surface area (Å²) in [5.74, 6) is 1.76. The van der Waals surface area contributed by atoms with Crippen LogP contribution in [0.15, 0.2) is 35.3 Å². The van der Waals surface area contributed by atoms with Gasteiger partial charge in [-0.3, -0.25) is 9.89 Å². The number of hydrogen-bond acceptors (Lipinski definition) is 4. The molecule has 0 bridgehead atoms. The second kappa shape index (κ2) is 9.39. The van der Waals surface area contributed by atoms with Crippen molar-refractivity contribution in [1.29, 1.82) is 0 Å². The number of halogens is 1. The first-order valence-electron chi connectivity index (χ1n) is 12.4. The third-order valence-corrected chi connectivity index (χ3v) is 8.57. The maximum atomic E-state index is 6.23. The van der Waals surface area contributed by atoms with Crippen LogP contribution in [0.5, 0.6) is 0 Å². The molecule has 1 aromatic rings. The Balaban J connectivity index is 0.00000216. The van der Waals surface area contributed by atoms with E-state index in [1.54, 1.807) is 0 Å². The van der Waals surface area contributed by atoms with Crippen molar-refractivity contribution >= 4 is 29.9 Å². The molecule has 3 saturated heterocycles. The van der Waals surface area contributed by atoms with E-state index in [0.717, 1.165) is 51.9 Å². The molecule has 6 rings (SSSR count). The van der Waals surface area contributed by atoms with E-state index in [1.165, 1.54) is 31.2 Å². The molecule has 32 heavy (non-hydrogen) atoms. The Morgan fingerprint density at radius 1 is 1.16 bits per heavy atom. The third-order valence-electron chi connectivity index (χ3n) is 8.57. The molecular weight excluding hydrogens is 515 g/mol. The Hall–Kier alpha value is -0.900. The summed E-state index contributed by atoms with van der Waals surface area (Å²) in [5.41, 5.74) is 1.76. The lowest BCUT2D eigenvalue weighted by molar-refractivity contribution is -0.171. The molecule has 5 fully saturated rings. The number of likely N-dealkylation sites (tertiary alicyclic amines) is 1. The molecule has 5 aliphatic rings. The molecule has 1 aromatic carbocycles. The van der Waals surface area contributed by atoms with Crippen molar-refractivity contribution in [2.75, 3.05) is 39.4 Å². The third kappa shape index (κ3) is 3.77. The zero-order chi connectivity index (χ0) is 20.8. The number of ether oxygens (including phenoxy) is 2. The van der Waals surface area contributed by atoms with E-state index in [2.05, 4.69) is 52.4 Å². The Bertz CT molecular complexity index is 817. The largest absolute Gasteiger partial charge is 0.377 e. The summed E-state index contributed by atoms with van der Waals surface area (Å²) in [6.07, 6.45) is 5.93. The molecule has 1 spiro atoms. The minimum absolute atomic E-state index is 0. The molecule has 0 aromatic heterocycles. The van der Waals surface area contributed by atoms with Crippen LogP contribution in [0.1, 0.15) is 38.2 Å². The quantitative estimate of drug-likeness (QED) is 0.354. The van der Waals surface area contributed by atoms with Crippen molar-refractivity contribution in [3.05, 3.63) is 35.9 Å². The van der Waals surface area contributed by atoms with Gasteiger partial charge in [0.25, 0.3) is 0 Å². The number of benzene rings is 1. The van der Waals surface area contributed by atoms with E-state index in [0.29, 0.717) is 29.5 Å². The van der Waals surface area contributed by atoms with Gasteiger partial charge in [-0.15, -0.1) is 24.0 Å². The normalized spacial score (nSPS) is 35.5. The fourth-order valence-electron chi connectivity index (χ4n) is 6.93. The summed E-state index contributed by atoms with van der Waals surface area (Å²) in [6.45, 7) is 8.65. The number of nitrogens with one attached hydrogen (secondary N) is 1. The molecular formula is C25H37IN4O2. The Morgan fingerprint density at radius 2 is 2.00 bits per heavy atom. The molecule has 3 aliphatic heterocycles. The van der Waals surface area contributed by atoms with Gasteiger partial charge in [0.1, 0.15) is 0 Å². The van der Waals surface area contributed by atoms with Crippen LogP contribution < -0.4 is 5.32 Å². The zero-order valence-corrected chi connectivity index (χ0v) is 21.4. The van der Waals surface area contributed by atoms with Crippen molar-refractivity contribution in [2.45, 2.75) is 63.4 Å². The first-order chi connectivity index (χ1) is 15.3. The minimum Gasteiger partial charge on any atom is -0.377 e. The van der Waals surface area contributed by atoms with Gasteiger partial charge in [0.2, 0.25) is 0 Å². The fourth-order valence-corrected chi connectivity index (χ4v) is 6.93. The fraction of sp³-hybridized carbons (Fsp3) is 0.720. The number of aliphatic imine (C=N–C) groups is 1. The minimum atomic E-state index is 0. The number of rotatable bonds is 4. The van der Waals surface area contributed by atoms with Crippen LogP contribution in [-0.2, 0) is 16.0 Å². The van der Waals surface area contributed by atoms with E-state index >= 15 is 0 Å². The summed E-state index contributed by atoms with van der Waals surface area (Å²) in [6, 6.07) is 11.8. The summed E-state index contributed by atoms with van der Waals surface area (Å²) in [4.78, 5) is 10.0. The molecule has 5 unspecified atom stereocenters. The van der Waals surface area contributed by atoms with Gasteiger partial charge in [0, 0.05) is 56.7 Å². The molecule has 5 atom stereocenters. The number of morpholine rings is 1. The Morgan fingerprint density at radius 3 is 2.75 bits per heavy atom. The standard InChI is InChI=1S/C25H36N4O2.HI/c1-2-26-24(27-22-19-9-13-31-23(19)25(22)10-6-11-25)29-16-20-21(17-29)30-14-12-28(20)15-18-7-4-3-5-8-18;/h3-5,7-8,19-23H,2,6,9-17H2,1H3,(H,26,27);1H. The lowest BCUT2D eigenvalue weighted by atomic mass is 9.46. The Labute approximate surface area is 209 Å². The second-order valence-corrected chi connectivity index (χ2v) is 10.1. The maximum absolute atomic E-state index is 6.23. The van der Waals surface area contributed by atoms with Gasteiger partial charge in [-0.1, -0.05) is 36.8 Å². The molecule has 7 heteroatoms. The lowest BCUT2D eigenvalue weighted by Gasteiger charge is -2.63. The van der Waals surface area contributed by atoms with Crippen LogP contribution in [0.25, 0.3) is 0 Å². The van der Waals surface area contributed by atoms with Crippen molar-refractivity contribution in [3.63, 3.8) is 0 Å². The van der Waals surface area contributed by atoms with E-state index in [1.807, 2.05) is 0 Å². The molecule has 2 saturated carbocycles. The number of guanidine groups is 1. The molecule has 176 valence electrons. The predicted molar refractivity (Wildman–Crippen MR) is 136 cm³/mol. The van der Waals surface area contributed by atoms with E-state index in [-0.39, 0.29) is 30.1 Å². The first-order valence-corrected chi connectivity index (χ1v) is 12.4. The van der Waals surface area contributed by atoms with Crippen molar-refractivity contribution in [2.24, 2.45) is 16.3 Å². The van der Waals surface area contributed by atoms with Crippen LogP contribution in [-0.4, -0.2) is 79.4 Å². The highest BCUT2D eigenvalue weighted by molar-refractivity contribution is 14.0. The van der Waals surface area contributed by atoms with Gasteiger partial charge in [0.05, 0.1) is 24.9 Å². The second-order valence-electron chi connectivity index (χ2n) is 10.1. The summed E-state index contributed by atoms with van der Waals surface area (Å²) < 4.78 is 12.4. The smallest absolute Gasteiger partial charge is 0.194 e. The van der Waals surface area contributed by atoms with Crippen LogP contribution in [0.3, 0.4) is 0 Å². The maximum Gasteiger partial charge on any atom is 0.194 e. The molecule has 1 N–H and O–H groups in total. The number of hydrogen-bond donors (Lipinski definition) is 1. The van der Waals surface area contributed by atoms with Crippen molar-refractivity contribution in [1.82, 2.24) is 15.1 Å². The van der Waals surface area contributed by atoms with Crippen LogP contribution in [0.4, 0.5) is 0 Å². The number of nitrogens with zero attached hydrogens (tertiary/aromatic N) is 3. The van der Waals surface area contributed by atoms with E-state index in [9.17, 15) is 0 Å². The van der Waals surface area contributed by atoms with Gasteiger partial charge < -0.3 is 19.7 Å². The van der Waals surface area contributed by atoms with Gasteiger partial charge in [-0.25, -0.2) is 0 Å². The predicted octanol–water partition coefficient (Wildman–Crippen LogP) is 3.11. The molecule has 0 radical (unpaired) electrons. The Kier molecular flexibility index (Phi) is 6.71. The topological polar surface area (TPSA) is 49.3 Å². The summed E-state index contributed by atoms with van der Waals surface area (Å²) in [5, 5.41) is 3.96. The molecule has 6 nitrogen and oxygen atoms in total. The van der Waals surface area contributed by atoms with Crippen LogP contribution >= 0.6 is 24.0 Å². The van der Waals surface area contributed by atoms with E-state index < -0.39 is 0 Å². The lowest BCUT2D eigenvalue weighted by Crippen LogP contribution is -2.72. The molecule has 3 heterocycles. The van der Waals surface area contributed by atoms with Crippen LogP contribution in [0.2, 0.25) is 0 Å². The average molecular weight is 553 g/mol. The highest BCUT2D eigenvalue weighted by atomic mass is 127. The SMILES string of the molecule is CCN=C(NC1C2CCOC2C12CCC2)N1CC2OCCN(Cc3ccccc3)C2C1.I. The summed E-state index contributed by atoms with van der Waals surface area (Å²) in [7, 11) is 0. The average Bonchev–Trinajstić information content (AvgIpc) is 3.37. The summed E-state index contributed by atoms with van der Waals surface area (Å²) >= 11 is 0. The monoisotopic (exact) mass is 552 g/mol. The zero-order valence-electron chi connectivity index (χ0n) is 19.1. The van der Waals surface area contributed by atoms with Gasteiger partial charge in [0.15, 0.2) is 5.96 Å². The first kappa shape index (κ1) is 22.9. The molecule has 2 aliphatic carbocycles. The number of fused-ring (bicyclic) bond motifs is 3. The highest BCUT2D eigenvalue weighted by Gasteiger charge is 2.67. The van der Waals surface area contributed by atoms with Gasteiger partial charge >= 0.3 is 0 Å². The highest BCUT2D eigenvalue weighted by Crippen LogP contribution is 2.62. The van der Waals surface area contributed by atoms with Crippen molar-refractivity contribution in [3.8, 4) is 0 Å². The van der Waals surface area contributed by atoms with E-state index in [4.69, 9.17) is 14.5 Å². The van der Waals surface area contributed by atoms with Crippen LogP contribution in [0, 0.1) is 11.3 Å². The van der Waals surface area contributed by atoms with Gasteiger partial charge in [-0.2, -0.15) is 0 Å². The van der Waals surface area contributed by atoms with Crippen molar-refractivity contribution < 1.29 is 9.47 Å².